The van der Waals surface area contributed by atoms with Gasteiger partial charge >= 0.3 is 5.97 Å². The van der Waals surface area contributed by atoms with Crippen molar-refractivity contribution in [1.82, 2.24) is 10.3 Å². The number of aliphatic carboxylic acids is 1. The van der Waals surface area contributed by atoms with Gasteiger partial charge in [-0.25, -0.2) is 4.98 Å². The molecule has 1 aromatic carbocycles. The second kappa shape index (κ2) is 7.87. The van der Waals surface area contributed by atoms with Gasteiger partial charge in [0.2, 0.25) is 5.91 Å². The van der Waals surface area contributed by atoms with Gasteiger partial charge in [0.05, 0.1) is 29.6 Å². The van der Waals surface area contributed by atoms with E-state index < -0.39 is 12.0 Å². The van der Waals surface area contributed by atoms with E-state index in [2.05, 4.69) is 10.3 Å². The Morgan fingerprint density at radius 3 is 2.57 bits per heavy atom. The van der Waals surface area contributed by atoms with Gasteiger partial charge < -0.3 is 10.4 Å². The van der Waals surface area contributed by atoms with E-state index in [9.17, 15) is 9.59 Å². The fourth-order valence-corrected chi connectivity index (χ4v) is 2.97. The van der Waals surface area contributed by atoms with Gasteiger partial charge in [-0.05, 0) is 18.9 Å². The van der Waals surface area contributed by atoms with Gasteiger partial charge in [-0.3, -0.25) is 9.59 Å². The summed E-state index contributed by atoms with van der Waals surface area (Å²) in [5, 5.41) is 14.7. The fourth-order valence-electron chi connectivity index (χ4n) is 2.23. The molecule has 0 saturated carbocycles. The number of carbonyl (C=O) groups excluding carboxylic acids is 1. The number of nitrogens with one attached hydrogen (secondary N) is 1. The predicted octanol–water partition coefficient (Wildman–Crippen LogP) is 2.89. The highest BCUT2D eigenvalue weighted by molar-refractivity contribution is 7.09. The Balaban J connectivity index is 2.05. The highest BCUT2D eigenvalue weighted by Gasteiger charge is 2.18. The molecule has 1 atom stereocenters. The molecule has 0 radical (unpaired) electrons. The lowest BCUT2D eigenvalue weighted by Gasteiger charge is -2.17. The van der Waals surface area contributed by atoms with Crippen LogP contribution in [0.4, 0.5) is 0 Å². The first-order valence-electron chi connectivity index (χ1n) is 7.49. The molecule has 0 aliphatic heterocycles. The predicted molar refractivity (Wildman–Crippen MR) is 89.5 cm³/mol. The van der Waals surface area contributed by atoms with Crippen LogP contribution in [0.5, 0.6) is 0 Å². The number of rotatable bonds is 7. The average molecular weight is 332 g/mol. The molecule has 122 valence electrons. The minimum Gasteiger partial charge on any atom is -0.481 e. The molecular weight excluding hydrogens is 312 g/mol. The Kier molecular flexibility index (Phi) is 5.87. The average Bonchev–Trinajstić information content (AvgIpc) is 2.94. The molecule has 2 rings (SSSR count). The lowest BCUT2D eigenvalue weighted by Crippen LogP contribution is -2.31. The normalized spacial score (nSPS) is 11.9. The standard InChI is InChI=1S/C17H20N2O3S/c1-3-16-18-13(10-23-16)8-15(20)19-14(9-17(21)22)12-6-4-11(2)5-7-12/h4-7,10,14H,3,8-9H2,1-2H3,(H,19,20)(H,21,22)/t14-/m1/s1. The second-order valence-corrected chi connectivity index (χ2v) is 6.33. The van der Waals surface area contributed by atoms with Crippen molar-refractivity contribution in [3.8, 4) is 0 Å². The molecule has 0 fully saturated rings. The molecule has 0 aliphatic carbocycles. The number of carbonyl (C=O) groups is 2. The van der Waals surface area contributed by atoms with E-state index in [0.717, 1.165) is 28.2 Å². The summed E-state index contributed by atoms with van der Waals surface area (Å²) in [4.78, 5) is 27.6. The van der Waals surface area contributed by atoms with Crippen LogP contribution in [0.25, 0.3) is 0 Å². The Hall–Kier alpha value is -2.21. The Morgan fingerprint density at radius 1 is 1.30 bits per heavy atom. The molecule has 0 bridgehead atoms. The Bertz CT molecular complexity index is 679. The monoisotopic (exact) mass is 332 g/mol. The summed E-state index contributed by atoms with van der Waals surface area (Å²) in [6.07, 6.45) is 0.863. The number of nitrogens with zero attached hydrogens (tertiary/aromatic N) is 1. The SMILES string of the molecule is CCc1nc(CC(=O)N[C@H](CC(=O)O)c2ccc(C)cc2)cs1. The molecule has 1 amide bonds. The van der Waals surface area contributed by atoms with Crippen molar-refractivity contribution in [3.63, 3.8) is 0 Å². The van der Waals surface area contributed by atoms with Crippen LogP contribution < -0.4 is 5.32 Å². The number of aromatic nitrogens is 1. The van der Waals surface area contributed by atoms with E-state index in [1.54, 1.807) is 0 Å². The van der Waals surface area contributed by atoms with Crippen molar-refractivity contribution in [3.05, 3.63) is 51.5 Å². The van der Waals surface area contributed by atoms with Gasteiger partial charge in [-0.2, -0.15) is 0 Å². The van der Waals surface area contributed by atoms with Crippen LogP contribution in [0.1, 0.15) is 41.2 Å². The van der Waals surface area contributed by atoms with Gasteiger partial charge in [0.15, 0.2) is 0 Å². The zero-order valence-electron chi connectivity index (χ0n) is 13.2. The molecule has 5 nitrogen and oxygen atoms in total. The summed E-state index contributed by atoms with van der Waals surface area (Å²) in [6.45, 7) is 3.98. The quantitative estimate of drug-likeness (QED) is 0.817. The lowest BCUT2D eigenvalue weighted by molar-refractivity contribution is -0.137. The molecule has 1 heterocycles. The third-order valence-electron chi connectivity index (χ3n) is 3.44. The molecule has 0 aliphatic rings. The van der Waals surface area contributed by atoms with Crippen LogP contribution in [0, 0.1) is 6.92 Å². The maximum atomic E-state index is 12.2. The fraction of sp³-hybridized carbons (Fsp3) is 0.353. The maximum absolute atomic E-state index is 12.2. The molecule has 1 aromatic heterocycles. The van der Waals surface area contributed by atoms with E-state index in [4.69, 9.17) is 5.11 Å². The molecule has 6 heteroatoms. The highest BCUT2D eigenvalue weighted by atomic mass is 32.1. The molecule has 0 saturated heterocycles. The summed E-state index contributed by atoms with van der Waals surface area (Å²) in [7, 11) is 0. The van der Waals surface area contributed by atoms with Crippen molar-refractivity contribution in [2.75, 3.05) is 0 Å². The Labute approximate surface area is 139 Å². The first kappa shape index (κ1) is 17.1. The zero-order chi connectivity index (χ0) is 16.8. The number of carboxylic acids is 1. The number of benzene rings is 1. The van der Waals surface area contributed by atoms with Crippen LogP contribution in [0.2, 0.25) is 0 Å². The number of hydrogen-bond acceptors (Lipinski definition) is 4. The van der Waals surface area contributed by atoms with E-state index in [-0.39, 0.29) is 18.7 Å². The first-order valence-corrected chi connectivity index (χ1v) is 8.37. The summed E-state index contributed by atoms with van der Waals surface area (Å²) >= 11 is 1.53. The topological polar surface area (TPSA) is 79.3 Å². The third kappa shape index (κ3) is 5.17. The summed E-state index contributed by atoms with van der Waals surface area (Å²) in [5.74, 6) is -1.16. The third-order valence-corrected chi connectivity index (χ3v) is 4.48. The molecular formula is C17H20N2O3S. The number of aryl methyl sites for hydroxylation is 2. The summed E-state index contributed by atoms with van der Waals surface area (Å²) < 4.78 is 0. The number of thiazole rings is 1. The largest absolute Gasteiger partial charge is 0.481 e. The van der Waals surface area contributed by atoms with Crippen molar-refractivity contribution >= 4 is 23.2 Å². The van der Waals surface area contributed by atoms with E-state index >= 15 is 0 Å². The number of carboxylic acid groups (broad SMARTS) is 1. The highest BCUT2D eigenvalue weighted by Crippen LogP contribution is 2.18. The lowest BCUT2D eigenvalue weighted by atomic mass is 10.0. The molecule has 2 N–H and O–H groups in total. The minimum atomic E-state index is -0.946. The minimum absolute atomic E-state index is 0.147. The van der Waals surface area contributed by atoms with Crippen LogP contribution in [-0.4, -0.2) is 22.0 Å². The molecule has 23 heavy (non-hydrogen) atoms. The Morgan fingerprint density at radius 2 is 2.00 bits per heavy atom. The van der Waals surface area contributed by atoms with Crippen molar-refractivity contribution in [2.45, 2.75) is 39.2 Å². The number of hydrogen-bond donors (Lipinski definition) is 2. The van der Waals surface area contributed by atoms with Gasteiger partial charge in [0.1, 0.15) is 0 Å². The van der Waals surface area contributed by atoms with Gasteiger partial charge in [-0.15, -0.1) is 11.3 Å². The van der Waals surface area contributed by atoms with Crippen LogP contribution in [0.15, 0.2) is 29.6 Å². The van der Waals surface area contributed by atoms with Gasteiger partial charge in [-0.1, -0.05) is 36.8 Å². The van der Waals surface area contributed by atoms with E-state index in [0.29, 0.717) is 0 Å². The summed E-state index contributed by atoms with van der Waals surface area (Å²) in [6, 6.07) is 6.97. The molecule has 0 spiro atoms. The maximum Gasteiger partial charge on any atom is 0.305 e. The van der Waals surface area contributed by atoms with Crippen LogP contribution in [-0.2, 0) is 22.4 Å². The molecule has 2 aromatic rings. The van der Waals surface area contributed by atoms with E-state index in [1.165, 1.54) is 11.3 Å². The summed E-state index contributed by atoms with van der Waals surface area (Å²) in [5.41, 5.74) is 2.60. The van der Waals surface area contributed by atoms with Crippen LogP contribution >= 0.6 is 11.3 Å². The smallest absolute Gasteiger partial charge is 0.305 e. The second-order valence-electron chi connectivity index (χ2n) is 5.39. The zero-order valence-corrected chi connectivity index (χ0v) is 14.0. The van der Waals surface area contributed by atoms with Crippen molar-refractivity contribution < 1.29 is 14.7 Å². The number of amides is 1. The molecule has 0 unspecified atom stereocenters. The van der Waals surface area contributed by atoms with E-state index in [1.807, 2.05) is 43.5 Å². The van der Waals surface area contributed by atoms with Crippen molar-refractivity contribution in [1.29, 1.82) is 0 Å². The van der Waals surface area contributed by atoms with Crippen molar-refractivity contribution in [2.24, 2.45) is 0 Å². The first-order chi connectivity index (χ1) is 11.0. The van der Waals surface area contributed by atoms with Gasteiger partial charge in [0, 0.05) is 5.38 Å². The van der Waals surface area contributed by atoms with Gasteiger partial charge in [0.25, 0.3) is 0 Å². The van der Waals surface area contributed by atoms with Crippen LogP contribution in [0.3, 0.4) is 0 Å².